The van der Waals surface area contributed by atoms with Gasteiger partial charge >= 0.3 is 12.8 Å². The average molecular weight is 432 g/mol. The lowest BCUT2D eigenvalue weighted by Crippen LogP contribution is -2.45. The van der Waals surface area contributed by atoms with E-state index in [1.807, 2.05) is 44.2 Å². The van der Waals surface area contributed by atoms with Crippen LogP contribution >= 0.6 is 29.7 Å². The van der Waals surface area contributed by atoms with E-state index in [9.17, 15) is 9.36 Å². The van der Waals surface area contributed by atoms with E-state index >= 15 is 0 Å². The minimum Gasteiger partial charge on any atom is -0.459 e. The molecule has 2 aromatic carbocycles. The molecule has 1 unspecified atom stereocenters. The number of hydrogen-bond donors (Lipinski definition) is 1. The first-order valence-corrected chi connectivity index (χ1v) is 11.3. The predicted octanol–water partition coefficient (Wildman–Crippen LogP) is 6.20. The fraction of sp³-hybridized carbons (Fsp3) is 0.316. The number of benzene rings is 2. The number of carbonyl (C=O) groups is 1. The van der Waals surface area contributed by atoms with Crippen molar-refractivity contribution in [2.75, 3.05) is 0 Å². The summed E-state index contributed by atoms with van der Waals surface area (Å²) in [5.74, 6) is -0.333. The van der Waals surface area contributed by atoms with E-state index in [0.29, 0.717) is 5.02 Å². The summed E-state index contributed by atoms with van der Waals surface area (Å²) in [5.41, 5.74) is -0.462. The maximum Gasteiger partial charge on any atom is 0.410 e. The van der Waals surface area contributed by atoms with E-state index in [0.717, 1.165) is 5.56 Å². The molecule has 0 aliphatic carbocycles. The van der Waals surface area contributed by atoms with Gasteiger partial charge in [-0.2, -0.15) is 0 Å². The second-order valence-corrected chi connectivity index (χ2v) is 8.96. The molecule has 0 aromatic heterocycles. The number of hydrogen-bond acceptors (Lipinski definition) is 4. The molecule has 1 N–H and O–H groups in total. The molecule has 0 amide bonds. The van der Waals surface area contributed by atoms with E-state index in [1.165, 1.54) is 26.0 Å². The molecule has 148 valence electrons. The normalized spacial score (nSPS) is 13.0. The van der Waals surface area contributed by atoms with Gasteiger partial charge in [-0.15, -0.1) is 0 Å². The first kappa shape index (κ1) is 23.5. The van der Waals surface area contributed by atoms with Crippen molar-refractivity contribution in [3.63, 3.8) is 0 Å². The predicted molar refractivity (Wildman–Crippen MR) is 110 cm³/mol. The molecule has 27 heavy (non-hydrogen) atoms. The molecule has 8 heteroatoms. The van der Waals surface area contributed by atoms with Gasteiger partial charge < -0.3 is 9.26 Å². The lowest BCUT2D eigenvalue weighted by Gasteiger charge is -2.26. The molecular weight excluding hydrogens is 408 g/mol. The summed E-state index contributed by atoms with van der Waals surface area (Å²) in [7, 11) is 0. The molecule has 0 radical (unpaired) electrons. The number of halogens is 2. The van der Waals surface area contributed by atoms with Crippen LogP contribution in [0.2, 0.25) is 5.02 Å². The maximum absolute atomic E-state index is 12.5. The second kappa shape index (κ2) is 10.7. The third-order valence-electron chi connectivity index (χ3n) is 3.17. The highest BCUT2D eigenvalue weighted by atomic mass is 35.7. The van der Waals surface area contributed by atoms with E-state index in [1.54, 1.807) is 12.1 Å². The lowest BCUT2D eigenvalue weighted by atomic mass is 10.1. The van der Waals surface area contributed by atoms with Crippen LogP contribution in [0.25, 0.3) is 0 Å². The number of nitrogens with one attached hydrogen (secondary N) is 1. The van der Waals surface area contributed by atoms with Crippen molar-refractivity contribution in [1.82, 2.24) is 5.09 Å². The Labute approximate surface area is 170 Å². The second-order valence-electron chi connectivity index (χ2n) is 5.82. The Balaban J connectivity index is 0.00000176. The van der Waals surface area contributed by atoms with Crippen molar-refractivity contribution in [1.29, 1.82) is 0 Å². The molecule has 0 saturated heterocycles. The average Bonchev–Trinajstić information content (AvgIpc) is 2.63. The molecule has 5 nitrogen and oxygen atoms in total. The van der Waals surface area contributed by atoms with Gasteiger partial charge in [-0.25, -0.2) is 9.65 Å². The smallest absolute Gasteiger partial charge is 0.410 e. The molecule has 0 bridgehead atoms. The largest absolute Gasteiger partial charge is 0.459 e. The van der Waals surface area contributed by atoms with Crippen LogP contribution < -0.4 is 9.61 Å². The zero-order valence-electron chi connectivity index (χ0n) is 15.7. The zero-order valence-corrected chi connectivity index (χ0v) is 18.1. The fourth-order valence-corrected chi connectivity index (χ4v) is 4.13. The summed E-state index contributed by atoms with van der Waals surface area (Å²) in [4.78, 5) is 12.3. The van der Waals surface area contributed by atoms with Crippen LogP contribution in [0.15, 0.2) is 54.6 Å². The van der Waals surface area contributed by atoms with Gasteiger partial charge in [-0.1, -0.05) is 55.8 Å². The van der Waals surface area contributed by atoms with Crippen molar-refractivity contribution in [3.05, 3.63) is 65.2 Å². The summed E-state index contributed by atoms with van der Waals surface area (Å²) >= 11 is 11.7. The first-order chi connectivity index (χ1) is 12.7. The Morgan fingerprint density at radius 3 is 2.19 bits per heavy atom. The van der Waals surface area contributed by atoms with Crippen LogP contribution in [-0.4, -0.2) is 11.5 Å². The maximum atomic E-state index is 12.5. The quantitative estimate of drug-likeness (QED) is 0.417. The van der Waals surface area contributed by atoms with Crippen LogP contribution in [-0.2, 0) is 20.7 Å². The number of carbonyl (C=O) groups excluding carboxylic acids is 1. The van der Waals surface area contributed by atoms with Crippen LogP contribution in [0, 0.1) is 0 Å². The van der Waals surface area contributed by atoms with Gasteiger partial charge in [-0.3, -0.25) is 4.79 Å². The first-order valence-electron chi connectivity index (χ1n) is 8.43. The van der Waals surface area contributed by atoms with Crippen molar-refractivity contribution < 1.29 is 18.6 Å². The molecule has 0 aliphatic heterocycles. The van der Waals surface area contributed by atoms with Crippen molar-refractivity contribution in [2.24, 2.45) is 0 Å². The minimum absolute atomic E-state index is 0.107. The Morgan fingerprint density at radius 1 is 1.07 bits per heavy atom. The number of esters is 1. The van der Waals surface area contributed by atoms with E-state index < -0.39 is 18.4 Å². The topological polar surface area (TPSA) is 64.6 Å². The molecule has 0 heterocycles. The van der Waals surface area contributed by atoms with E-state index in [2.05, 4.69) is 5.09 Å². The van der Waals surface area contributed by atoms with Crippen molar-refractivity contribution in [2.45, 2.75) is 39.8 Å². The lowest BCUT2D eigenvalue weighted by molar-refractivity contribution is -0.150. The van der Waals surface area contributed by atoms with Gasteiger partial charge in [0.15, 0.2) is 0 Å². The van der Waals surface area contributed by atoms with Gasteiger partial charge in [-0.05, 0) is 43.7 Å². The van der Waals surface area contributed by atoms with Gasteiger partial charge in [0.25, 0.3) is 0 Å². The highest BCUT2D eigenvalue weighted by Crippen LogP contribution is 2.50. The van der Waals surface area contributed by atoms with Gasteiger partial charge in [0.1, 0.15) is 17.9 Å². The van der Waals surface area contributed by atoms with Gasteiger partial charge in [0.2, 0.25) is 0 Å². The molecule has 2 aromatic rings. The van der Waals surface area contributed by atoms with Crippen LogP contribution in [0.5, 0.6) is 5.75 Å². The third-order valence-corrected chi connectivity index (χ3v) is 5.16. The Hall–Kier alpha value is -1.52. The molecule has 0 fully saturated rings. The van der Waals surface area contributed by atoms with E-state index in [-0.39, 0.29) is 12.4 Å². The summed E-state index contributed by atoms with van der Waals surface area (Å²) in [5, 5.41) is 3.03. The third kappa shape index (κ3) is 8.35. The summed E-state index contributed by atoms with van der Waals surface area (Å²) in [6.45, 7) is 3.31. The highest BCUT2D eigenvalue weighted by molar-refractivity contribution is 7.84. The monoisotopic (exact) mass is 431 g/mol. The SMILES string of the molecule is CC.CC(C)(NP(=O)(Cl)Oc1ccc(Cl)cc1)C(=O)OCc1ccccc1. The molecule has 2 rings (SSSR count). The summed E-state index contributed by atoms with van der Waals surface area (Å²) in [6.07, 6.45) is 0. The Kier molecular flexibility index (Phi) is 9.34. The minimum atomic E-state index is -3.82. The van der Waals surface area contributed by atoms with Crippen LogP contribution in [0.4, 0.5) is 0 Å². The van der Waals surface area contributed by atoms with Crippen molar-refractivity contribution >= 4 is 35.7 Å². The van der Waals surface area contributed by atoms with Crippen LogP contribution in [0.1, 0.15) is 33.3 Å². The molecule has 0 saturated carbocycles. The Morgan fingerprint density at radius 2 is 1.63 bits per heavy atom. The molecule has 0 spiro atoms. The molecular formula is C19H24Cl2NO4P. The number of rotatable bonds is 7. The molecule has 1 atom stereocenters. The van der Waals surface area contributed by atoms with Gasteiger partial charge in [0.05, 0.1) is 0 Å². The summed E-state index contributed by atoms with van der Waals surface area (Å²) in [6, 6.07) is 15.4. The zero-order chi connectivity index (χ0) is 20.5. The summed E-state index contributed by atoms with van der Waals surface area (Å²) < 4.78 is 23.0. The number of ether oxygens (including phenoxy) is 1. The molecule has 0 aliphatic rings. The van der Waals surface area contributed by atoms with Gasteiger partial charge in [0, 0.05) is 16.3 Å². The van der Waals surface area contributed by atoms with Crippen molar-refractivity contribution in [3.8, 4) is 5.75 Å². The highest BCUT2D eigenvalue weighted by Gasteiger charge is 2.37. The van der Waals surface area contributed by atoms with E-state index in [4.69, 9.17) is 32.1 Å². The standard InChI is InChI=1S/C17H18Cl2NO4P.C2H6/c1-17(2,16(21)23-12-13-6-4-3-5-7-13)20-25(19,22)24-15-10-8-14(18)9-11-15;1-2/h3-11H,12H2,1-2H3,(H,20,22);1-2H3. The van der Waals surface area contributed by atoms with Crippen LogP contribution in [0.3, 0.4) is 0 Å². The fourth-order valence-electron chi connectivity index (χ4n) is 1.94. The Bertz CT molecular complexity index is 767.